The van der Waals surface area contributed by atoms with Crippen LogP contribution in [0.15, 0.2) is 18.2 Å². The van der Waals surface area contributed by atoms with Crippen LogP contribution in [0.2, 0.25) is 5.02 Å². The lowest BCUT2D eigenvalue weighted by molar-refractivity contribution is -0.140. The lowest BCUT2D eigenvalue weighted by Gasteiger charge is -2.28. The van der Waals surface area contributed by atoms with Gasteiger partial charge in [-0.15, -0.1) is 0 Å². The Kier molecular flexibility index (Phi) is 5.72. The number of amides is 3. The van der Waals surface area contributed by atoms with Crippen molar-refractivity contribution in [2.24, 2.45) is 0 Å². The third-order valence-corrected chi connectivity index (χ3v) is 6.34. The van der Waals surface area contributed by atoms with Crippen molar-refractivity contribution in [2.75, 3.05) is 23.4 Å². The minimum absolute atomic E-state index is 0.00373. The number of likely N-dealkylation sites (N-methyl/N-ethyl adjacent to an activating group) is 1. The number of carbonyl (C=O) groups excluding carboxylic acids is 2. The van der Waals surface area contributed by atoms with Gasteiger partial charge in [0.05, 0.1) is 16.9 Å². The van der Waals surface area contributed by atoms with Crippen LogP contribution in [0.25, 0.3) is 0 Å². The highest BCUT2D eigenvalue weighted by molar-refractivity contribution is 6.31. The summed E-state index contributed by atoms with van der Waals surface area (Å²) in [6.07, 6.45) is -4.83. The van der Waals surface area contributed by atoms with Gasteiger partial charge in [-0.1, -0.05) is 11.6 Å². The minimum atomic E-state index is -4.86. The first-order valence-corrected chi connectivity index (χ1v) is 10.4. The van der Waals surface area contributed by atoms with Gasteiger partial charge in [0.2, 0.25) is 0 Å². The zero-order valence-corrected chi connectivity index (χ0v) is 18.6. The summed E-state index contributed by atoms with van der Waals surface area (Å²) in [7, 11) is 1.16. The van der Waals surface area contributed by atoms with E-state index in [1.165, 1.54) is 6.92 Å². The third-order valence-electron chi connectivity index (χ3n) is 5.99. The number of pyridine rings is 1. The lowest BCUT2D eigenvalue weighted by Crippen LogP contribution is -2.47. The van der Waals surface area contributed by atoms with Gasteiger partial charge in [0.1, 0.15) is 22.7 Å². The highest BCUT2D eigenvalue weighted by atomic mass is 35.5. The predicted octanol–water partition coefficient (Wildman–Crippen LogP) is 3.75. The molecule has 3 amide bonds. The molecule has 1 aliphatic heterocycles. The summed E-state index contributed by atoms with van der Waals surface area (Å²) in [6, 6.07) is 0.174. The van der Waals surface area contributed by atoms with Crippen molar-refractivity contribution in [3.63, 3.8) is 0 Å². The van der Waals surface area contributed by atoms with Gasteiger partial charge in [0.25, 0.3) is 5.91 Å². The number of aliphatic hydroxyl groups is 1. The van der Waals surface area contributed by atoms with Crippen molar-refractivity contribution < 1.29 is 36.6 Å². The predicted molar refractivity (Wildman–Crippen MR) is 112 cm³/mol. The van der Waals surface area contributed by atoms with Crippen molar-refractivity contribution in [2.45, 2.75) is 37.6 Å². The molecule has 0 spiro atoms. The lowest BCUT2D eigenvalue weighted by atomic mass is 9.94. The summed E-state index contributed by atoms with van der Waals surface area (Å²) >= 11 is 5.57. The summed E-state index contributed by atoms with van der Waals surface area (Å²) in [6.45, 7) is 0.956. The van der Waals surface area contributed by atoms with Crippen LogP contribution in [0.1, 0.15) is 30.2 Å². The molecule has 2 heterocycles. The molecule has 34 heavy (non-hydrogen) atoms. The fourth-order valence-corrected chi connectivity index (χ4v) is 4.44. The molecular formula is C21H18ClF5N4O3. The second-order valence-corrected chi connectivity index (χ2v) is 8.66. The van der Waals surface area contributed by atoms with E-state index in [0.29, 0.717) is 6.07 Å². The normalized spacial score (nSPS) is 22.1. The van der Waals surface area contributed by atoms with E-state index in [1.807, 2.05) is 0 Å². The highest BCUT2D eigenvalue weighted by Gasteiger charge is 2.47. The van der Waals surface area contributed by atoms with E-state index in [4.69, 9.17) is 11.6 Å². The Labute approximate surface area is 195 Å². The van der Waals surface area contributed by atoms with Crippen LogP contribution < -0.4 is 15.1 Å². The Bertz CT molecular complexity index is 1200. The molecule has 1 aliphatic carbocycles. The van der Waals surface area contributed by atoms with E-state index in [-0.39, 0.29) is 36.3 Å². The van der Waals surface area contributed by atoms with Crippen molar-refractivity contribution in [3.8, 4) is 0 Å². The molecule has 2 N–H and O–H groups in total. The largest absolute Gasteiger partial charge is 0.416 e. The second kappa shape index (κ2) is 8.05. The van der Waals surface area contributed by atoms with Gasteiger partial charge in [0.15, 0.2) is 5.82 Å². The van der Waals surface area contributed by atoms with E-state index in [1.54, 1.807) is 0 Å². The zero-order chi connectivity index (χ0) is 25.2. The molecule has 0 radical (unpaired) electrons. The van der Waals surface area contributed by atoms with E-state index in [2.05, 4.69) is 10.3 Å². The SMILES string of the molecule is CN(C(=O)[C@@H]1CNC(=O)N1c1cc(C(F)(F)F)c2c(n1)CC[C@]2(C)O)c1ccc(F)c(Cl)c1F. The molecule has 182 valence electrons. The summed E-state index contributed by atoms with van der Waals surface area (Å²) in [5.74, 6) is -3.56. The summed E-state index contributed by atoms with van der Waals surface area (Å²) in [4.78, 5) is 31.4. The number of anilines is 2. The van der Waals surface area contributed by atoms with Crippen LogP contribution in [0.4, 0.5) is 38.3 Å². The third kappa shape index (κ3) is 3.84. The first-order valence-electron chi connectivity index (χ1n) is 10.1. The smallest absolute Gasteiger partial charge is 0.385 e. The Morgan fingerprint density at radius 1 is 1.35 bits per heavy atom. The number of benzene rings is 1. The van der Waals surface area contributed by atoms with E-state index < -0.39 is 57.8 Å². The van der Waals surface area contributed by atoms with Crippen LogP contribution in [-0.2, 0) is 23.0 Å². The first kappa shape index (κ1) is 24.1. The molecule has 0 unspecified atom stereocenters. The van der Waals surface area contributed by atoms with Crippen LogP contribution in [0, 0.1) is 11.6 Å². The number of rotatable bonds is 3. The summed E-state index contributed by atoms with van der Waals surface area (Å²) < 4.78 is 69.5. The Hall–Kier alpha value is -2.99. The van der Waals surface area contributed by atoms with Crippen molar-refractivity contribution in [1.82, 2.24) is 10.3 Å². The number of hydrogen-bond donors (Lipinski definition) is 2. The second-order valence-electron chi connectivity index (χ2n) is 8.28. The quantitative estimate of drug-likeness (QED) is 0.492. The van der Waals surface area contributed by atoms with Gasteiger partial charge >= 0.3 is 12.2 Å². The maximum absolute atomic E-state index is 14.4. The molecule has 0 bridgehead atoms. The van der Waals surface area contributed by atoms with Gasteiger partial charge in [-0.25, -0.2) is 18.6 Å². The topological polar surface area (TPSA) is 85.8 Å². The Morgan fingerprint density at radius 3 is 2.68 bits per heavy atom. The average molecular weight is 505 g/mol. The fraction of sp³-hybridized carbons (Fsp3) is 0.381. The number of nitrogens with zero attached hydrogens (tertiary/aromatic N) is 3. The Balaban J connectivity index is 1.76. The molecule has 1 fully saturated rings. The van der Waals surface area contributed by atoms with Crippen molar-refractivity contribution >= 4 is 35.0 Å². The number of hydrogen-bond acceptors (Lipinski definition) is 4. The number of aromatic nitrogens is 1. The van der Waals surface area contributed by atoms with Gasteiger partial charge in [0, 0.05) is 24.8 Å². The van der Waals surface area contributed by atoms with Gasteiger partial charge in [-0.3, -0.25) is 9.69 Å². The molecule has 1 aromatic carbocycles. The van der Waals surface area contributed by atoms with Gasteiger partial charge < -0.3 is 15.3 Å². The van der Waals surface area contributed by atoms with Crippen LogP contribution >= 0.6 is 11.6 Å². The number of carbonyl (C=O) groups is 2. The van der Waals surface area contributed by atoms with Crippen LogP contribution in [0.3, 0.4) is 0 Å². The Morgan fingerprint density at radius 2 is 2.03 bits per heavy atom. The van der Waals surface area contributed by atoms with Gasteiger partial charge in [-0.05, 0) is 38.0 Å². The fourth-order valence-electron chi connectivity index (χ4n) is 4.28. The summed E-state index contributed by atoms with van der Waals surface area (Å²) in [5, 5.41) is 12.0. The molecular weight excluding hydrogens is 487 g/mol. The van der Waals surface area contributed by atoms with E-state index in [9.17, 15) is 36.6 Å². The molecule has 2 atom stereocenters. The van der Waals surface area contributed by atoms with E-state index >= 15 is 0 Å². The number of nitrogens with one attached hydrogen (secondary N) is 1. The molecule has 2 aliphatic rings. The summed E-state index contributed by atoms with van der Waals surface area (Å²) in [5.41, 5.74) is -3.71. The molecule has 4 rings (SSSR count). The monoisotopic (exact) mass is 504 g/mol. The molecule has 2 aromatic rings. The number of urea groups is 1. The molecule has 7 nitrogen and oxygen atoms in total. The molecule has 0 saturated carbocycles. The zero-order valence-electron chi connectivity index (χ0n) is 17.8. The standard InChI is InChI=1S/C21H18ClF5N4O3/c1-20(34)6-5-11-15(20)9(21(25,26)27)7-14(29-11)31-13(8-28-19(31)33)18(32)30(2)12-4-3-10(23)16(22)17(12)24/h3-4,7,13,34H,5-6,8H2,1-2H3,(H,28,33)/t13-,20-/m0/s1. The molecule has 13 heteroatoms. The number of halogens is 6. The van der Waals surface area contributed by atoms with Crippen molar-refractivity contribution in [1.29, 1.82) is 0 Å². The van der Waals surface area contributed by atoms with Crippen molar-refractivity contribution in [3.05, 3.63) is 51.7 Å². The number of aryl methyl sites for hydroxylation is 1. The van der Waals surface area contributed by atoms with Crippen LogP contribution in [-0.4, -0.2) is 41.7 Å². The maximum atomic E-state index is 14.4. The number of alkyl halides is 3. The molecule has 1 aromatic heterocycles. The maximum Gasteiger partial charge on any atom is 0.416 e. The first-order chi connectivity index (χ1) is 15.7. The molecule has 1 saturated heterocycles. The van der Waals surface area contributed by atoms with E-state index in [0.717, 1.165) is 29.0 Å². The number of fused-ring (bicyclic) bond motifs is 1. The van der Waals surface area contributed by atoms with Crippen LogP contribution in [0.5, 0.6) is 0 Å². The highest BCUT2D eigenvalue weighted by Crippen LogP contribution is 2.45. The minimum Gasteiger partial charge on any atom is -0.385 e. The van der Waals surface area contributed by atoms with Gasteiger partial charge in [-0.2, -0.15) is 13.2 Å². The average Bonchev–Trinajstić information content (AvgIpc) is 3.29.